The van der Waals surface area contributed by atoms with E-state index in [4.69, 9.17) is 0 Å². The third-order valence-electron chi connectivity index (χ3n) is 3.95. The van der Waals surface area contributed by atoms with Crippen LogP contribution in [-0.4, -0.2) is 5.78 Å². The van der Waals surface area contributed by atoms with Crippen molar-refractivity contribution >= 4 is 5.78 Å². The van der Waals surface area contributed by atoms with Gasteiger partial charge in [-0.25, -0.2) is 0 Å². The van der Waals surface area contributed by atoms with Gasteiger partial charge in [0, 0.05) is 12.0 Å². The molecule has 1 aliphatic carbocycles. The summed E-state index contributed by atoms with van der Waals surface area (Å²) in [5, 5.41) is 0. The van der Waals surface area contributed by atoms with E-state index in [1.807, 2.05) is 0 Å². The molecule has 0 N–H and O–H groups in total. The zero-order valence-electron chi connectivity index (χ0n) is 12.1. The fourth-order valence-corrected chi connectivity index (χ4v) is 2.86. The van der Waals surface area contributed by atoms with Crippen LogP contribution < -0.4 is 0 Å². The van der Waals surface area contributed by atoms with E-state index in [2.05, 4.69) is 0 Å². The Balaban J connectivity index is 2.26. The Hall–Kier alpha value is -2.31. The fourth-order valence-electron chi connectivity index (χ4n) is 2.86. The Labute approximate surface area is 132 Å². The van der Waals surface area contributed by atoms with E-state index in [9.17, 15) is 31.1 Å². The normalized spacial score (nSPS) is 14.8. The number of fused-ring (bicyclic) bond motifs is 1. The Morgan fingerprint density at radius 3 is 1.92 bits per heavy atom. The maximum absolute atomic E-state index is 13.0. The van der Waals surface area contributed by atoms with E-state index in [1.165, 1.54) is 12.1 Å². The summed E-state index contributed by atoms with van der Waals surface area (Å²) in [6.07, 6.45) is -9.19. The second-order valence-corrected chi connectivity index (χ2v) is 5.56. The molecule has 2 aromatic carbocycles. The number of rotatable bonds is 1. The van der Waals surface area contributed by atoms with Gasteiger partial charge in [0.2, 0.25) is 0 Å². The molecule has 1 nitrogen and oxygen atoms in total. The molecule has 0 unspecified atom stereocenters. The van der Waals surface area contributed by atoms with Gasteiger partial charge in [-0.2, -0.15) is 26.3 Å². The highest BCUT2D eigenvalue weighted by molar-refractivity contribution is 6.06. The van der Waals surface area contributed by atoms with Gasteiger partial charge in [-0.3, -0.25) is 4.79 Å². The first kappa shape index (κ1) is 16.5. The van der Waals surface area contributed by atoms with Gasteiger partial charge < -0.3 is 0 Å². The van der Waals surface area contributed by atoms with Gasteiger partial charge in [0.25, 0.3) is 0 Å². The SMILES string of the molecule is O=C1CCc2cccc(-c3cc(C(F)(F)F)cc(C(F)(F)F)c3)c21. The first-order valence-corrected chi connectivity index (χ1v) is 7.02. The standard InChI is InChI=1S/C17H10F6O/c18-16(19,20)11-6-10(7-12(8-11)17(21,22)23)13-3-1-2-9-4-5-14(24)15(9)13/h1-3,6-8H,4-5H2. The summed E-state index contributed by atoms with van der Waals surface area (Å²) in [5.41, 5.74) is -2.09. The molecule has 0 radical (unpaired) electrons. The third kappa shape index (κ3) is 2.90. The maximum Gasteiger partial charge on any atom is 0.416 e. The Morgan fingerprint density at radius 2 is 1.38 bits per heavy atom. The highest BCUT2D eigenvalue weighted by Gasteiger charge is 2.37. The van der Waals surface area contributed by atoms with Crippen molar-refractivity contribution in [3.8, 4) is 11.1 Å². The number of carbonyl (C=O) groups excluding carboxylic acids is 1. The number of aryl methyl sites for hydroxylation is 1. The van der Waals surface area contributed by atoms with Crippen molar-refractivity contribution < 1.29 is 31.1 Å². The molecule has 2 aromatic rings. The quantitative estimate of drug-likeness (QED) is 0.623. The number of halogens is 6. The van der Waals surface area contributed by atoms with Crippen molar-refractivity contribution in [1.29, 1.82) is 0 Å². The van der Waals surface area contributed by atoms with Crippen molar-refractivity contribution in [2.24, 2.45) is 0 Å². The Kier molecular flexibility index (Phi) is 3.69. The average Bonchev–Trinajstić information content (AvgIpc) is 2.87. The summed E-state index contributed by atoms with van der Waals surface area (Å²) in [4.78, 5) is 12.0. The molecule has 0 bridgehead atoms. The van der Waals surface area contributed by atoms with Crippen LogP contribution in [-0.2, 0) is 18.8 Å². The highest BCUT2D eigenvalue weighted by Crippen LogP contribution is 2.40. The second kappa shape index (κ2) is 5.36. The van der Waals surface area contributed by atoms with Gasteiger partial charge in [0.15, 0.2) is 5.78 Å². The molecule has 126 valence electrons. The molecule has 0 aliphatic heterocycles. The van der Waals surface area contributed by atoms with E-state index in [1.54, 1.807) is 6.07 Å². The lowest BCUT2D eigenvalue weighted by molar-refractivity contribution is -0.143. The Bertz CT molecular complexity index is 785. The summed E-state index contributed by atoms with van der Waals surface area (Å²) in [7, 11) is 0. The van der Waals surface area contributed by atoms with Crippen molar-refractivity contribution in [2.45, 2.75) is 25.2 Å². The number of carbonyl (C=O) groups is 1. The zero-order valence-corrected chi connectivity index (χ0v) is 12.1. The summed E-state index contributed by atoms with van der Waals surface area (Å²) in [6, 6.07) is 5.93. The van der Waals surface area contributed by atoms with Crippen LogP contribution in [0.1, 0.15) is 33.5 Å². The second-order valence-electron chi connectivity index (χ2n) is 5.56. The van der Waals surface area contributed by atoms with Crippen molar-refractivity contribution in [2.75, 3.05) is 0 Å². The topological polar surface area (TPSA) is 17.1 Å². The minimum atomic E-state index is -4.92. The molecule has 0 atom stereocenters. The van der Waals surface area contributed by atoms with Crippen LogP contribution in [0, 0.1) is 0 Å². The number of benzene rings is 2. The largest absolute Gasteiger partial charge is 0.416 e. The predicted molar refractivity (Wildman–Crippen MR) is 74.5 cm³/mol. The predicted octanol–water partition coefficient (Wildman–Crippen LogP) is 5.52. The van der Waals surface area contributed by atoms with Gasteiger partial charge in [0.05, 0.1) is 11.1 Å². The lowest BCUT2D eigenvalue weighted by Crippen LogP contribution is -2.11. The first-order chi connectivity index (χ1) is 11.1. The van der Waals surface area contributed by atoms with Crippen LogP contribution in [0.25, 0.3) is 11.1 Å². The van der Waals surface area contributed by atoms with E-state index in [0.717, 1.165) is 0 Å². The van der Waals surface area contributed by atoms with Crippen molar-refractivity contribution in [3.63, 3.8) is 0 Å². The van der Waals surface area contributed by atoms with Gasteiger partial charge in [0.1, 0.15) is 0 Å². The van der Waals surface area contributed by atoms with E-state index in [-0.39, 0.29) is 35.0 Å². The van der Waals surface area contributed by atoms with Crippen LogP contribution >= 0.6 is 0 Å². The van der Waals surface area contributed by atoms with Crippen LogP contribution in [0.5, 0.6) is 0 Å². The van der Waals surface area contributed by atoms with E-state index < -0.39 is 23.5 Å². The minimum absolute atomic E-state index is 0.0779. The van der Waals surface area contributed by atoms with Gasteiger partial charge >= 0.3 is 12.4 Å². The third-order valence-corrected chi connectivity index (χ3v) is 3.95. The summed E-state index contributed by atoms with van der Waals surface area (Å²) < 4.78 is 77.8. The molecule has 0 saturated carbocycles. The van der Waals surface area contributed by atoms with Gasteiger partial charge in [-0.05, 0) is 41.3 Å². The van der Waals surface area contributed by atoms with Gasteiger partial charge in [-0.15, -0.1) is 0 Å². The van der Waals surface area contributed by atoms with Crippen LogP contribution in [0.2, 0.25) is 0 Å². The number of hydrogen-bond acceptors (Lipinski definition) is 1. The van der Waals surface area contributed by atoms with Crippen LogP contribution in [0.15, 0.2) is 36.4 Å². The number of Topliss-reactive ketones (excluding diaryl/α,β-unsaturated/α-hetero) is 1. The van der Waals surface area contributed by atoms with Gasteiger partial charge in [-0.1, -0.05) is 18.2 Å². The molecule has 0 amide bonds. The molecule has 24 heavy (non-hydrogen) atoms. The smallest absolute Gasteiger partial charge is 0.294 e. The zero-order chi connectivity index (χ0) is 17.7. The Morgan fingerprint density at radius 1 is 0.792 bits per heavy atom. The van der Waals surface area contributed by atoms with E-state index >= 15 is 0 Å². The molecule has 1 aliphatic rings. The summed E-state index contributed by atoms with van der Waals surface area (Å²) in [6.45, 7) is 0. The molecule has 0 saturated heterocycles. The van der Waals surface area contributed by atoms with Crippen LogP contribution in [0.3, 0.4) is 0 Å². The summed E-state index contributed by atoms with van der Waals surface area (Å²) >= 11 is 0. The monoisotopic (exact) mass is 344 g/mol. The van der Waals surface area contributed by atoms with Crippen LogP contribution in [0.4, 0.5) is 26.3 Å². The highest BCUT2D eigenvalue weighted by atomic mass is 19.4. The number of ketones is 1. The van der Waals surface area contributed by atoms with E-state index in [0.29, 0.717) is 24.1 Å². The van der Waals surface area contributed by atoms with Crippen molar-refractivity contribution in [3.05, 3.63) is 58.7 Å². The maximum atomic E-state index is 13.0. The molecular formula is C17H10F6O. The molecule has 0 heterocycles. The molecule has 3 rings (SSSR count). The first-order valence-electron chi connectivity index (χ1n) is 7.02. The molecule has 0 spiro atoms. The summed E-state index contributed by atoms with van der Waals surface area (Å²) in [5.74, 6) is -0.272. The number of alkyl halides is 6. The lowest BCUT2D eigenvalue weighted by Gasteiger charge is -2.15. The average molecular weight is 344 g/mol. The minimum Gasteiger partial charge on any atom is -0.294 e. The lowest BCUT2D eigenvalue weighted by atomic mass is 9.93. The molecular weight excluding hydrogens is 334 g/mol. The molecule has 0 fully saturated rings. The van der Waals surface area contributed by atoms with Crippen molar-refractivity contribution in [1.82, 2.24) is 0 Å². The number of hydrogen-bond donors (Lipinski definition) is 0. The molecule has 7 heteroatoms. The molecule has 0 aromatic heterocycles. The fraction of sp³-hybridized carbons (Fsp3) is 0.235.